The number of nitrogens with one attached hydrogen (secondary N) is 1. The van der Waals surface area contributed by atoms with E-state index in [4.69, 9.17) is 4.74 Å². The maximum Gasteiger partial charge on any atom is 0.341 e. The Bertz CT molecular complexity index is 731. The lowest BCUT2D eigenvalue weighted by molar-refractivity contribution is 0.0527. The molecule has 0 spiro atoms. The molecule has 1 amide bonds. The largest absolute Gasteiger partial charge is 0.462 e. The van der Waals surface area contributed by atoms with E-state index in [-0.39, 0.29) is 5.91 Å². The first kappa shape index (κ1) is 16.6. The molecular formula is C15H18N2O3S2. The summed E-state index contributed by atoms with van der Waals surface area (Å²) in [5.41, 5.74) is 1.98. The standard InChI is InChI=1S/C15H18N2O3S2/c1-6-20-15(19)11-7(2)9(4)21-14(11)17-13(18)12-8(3)16-10(5)22-12/h6H2,1-5H3,(H,17,18). The van der Waals surface area contributed by atoms with E-state index in [1.54, 1.807) is 13.8 Å². The number of thiophene rings is 1. The lowest BCUT2D eigenvalue weighted by Crippen LogP contribution is -2.14. The van der Waals surface area contributed by atoms with Crippen molar-refractivity contribution in [3.8, 4) is 0 Å². The van der Waals surface area contributed by atoms with E-state index >= 15 is 0 Å². The Balaban J connectivity index is 2.33. The molecule has 118 valence electrons. The van der Waals surface area contributed by atoms with Crippen LogP contribution in [-0.2, 0) is 4.74 Å². The van der Waals surface area contributed by atoms with Crippen molar-refractivity contribution in [2.24, 2.45) is 0 Å². The van der Waals surface area contributed by atoms with Gasteiger partial charge in [0.2, 0.25) is 0 Å². The number of hydrogen-bond acceptors (Lipinski definition) is 6. The van der Waals surface area contributed by atoms with E-state index in [1.165, 1.54) is 22.7 Å². The molecule has 2 aromatic heterocycles. The molecule has 1 N–H and O–H groups in total. The number of anilines is 1. The molecule has 0 fully saturated rings. The number of carbonyl (C=O) groups is 2. The summed E-state index contributed by atoms with van der Waals surface area (Å²) < 4.78 is 5.08. The van der Waals surface area contributed by atoms with Gasteiger partial charge in [0.05, 0.1) is 22.9 Å². The van der Waals surface area contributed by atoms with Crippen molar-refractivity contribution < 1.29 is 14.3 Å². The van der Waals surface area contributed by atoms with Crippen molar-refractivity contribution in [1.29, 1.82) is 0 Å². The fourth-order valence-electron chi connectivity index (χ4n) is 2.07. The molecule has 0 saturated heterocycles. The summed E-state index contributed by atoms with van der Waals surface area (Å²) in [5.74, 6) is -0.647. The van der Waals surface area contributed by atoms with Crippen molar-refractivity contribution in [2.75, 3.05) is 11.9 Å². The summed E-state index contributed by atoms with van der Waals surface area (Å²) in [6.45, 7) is 9.49. The Morgan fingerprint density at radius 2 is 1.86 bits per heavy atom. The number of aryl methyl sites for hydroxylation is 3. The molecule has 0 radical (unpaired) electrons. The fourth-order valence-corrected chi connectivity index (χ4v) is 3.92. The van der Waals surface area contributed by atoms with Gasteiger partial charge in [-0.2, -0.15) is 0 Å². The van der Waals surface area contributed by atoms with Crippen LogP contribution in [0.1, 0.15) is 48.1 Å². The van der Waals surface area contributed by atoms with Crippen LogP contribution < -0.4 is 5.32 Å². The van der Waals surface area contributed by atoms with Gasteiger partial charge in [-0.05, 0) is 40.2 Å². The average molecular weight is 338 g/mol. The zero-order chi connectivity index (χ0) is 16.4. The number of amides is 1. The molecular weight excluding hydrogens is 320 g/mol. The van der Waals surface area contributed by atoms with Crippen LogP contribution in [0.15, 0.2) is 0 Å². The second-order valence-corrected chi connectivity index (χ2v) is 7.24. The van der Waals surface area contributed by atoms with Gasteiger partial charge in [0, 0.05) is 4.88 Å². The molecule has 0 unspecified atom stereocenters. The molecule has 0 aliphatic carbocycles. The summed E-state index contributed by atoms with van der Waals surface area (Å²) in [5, 5.41) is 4.20. The Kier molecular flexibility index (Phi) is 4.97. The quantitative estimate of drug-likeness (QED) is 0.859. The molecule has 0 aliphatic rings. The van der Waals surface area contributed by atoms with Crippen molar-refractivity contribution in [3.63, 3.8) is 0 Å². The minimum absolute atomic E-state index is 0.241. The van der Waals surface area contributed by atoms with E-state index in [1.807, 2.05) is 20.8 Å². The predicted molar refractivity (Wildman–Crippen MR) is 89.3 cm³/mol. The highest BCUT2D eigenvalue weighted by Crippen LogP contribution is 2.33. The third-order valence-electron chi connectivity index (χ3n) is 3.20. The van der Waals surface area contributed by atoms with E-state index in [0.29, 0.717) is 27.7 Å². The van der Waals surface area contributed by atoms with Crippen LogP contribution in [0, 0.1) is 27.7 Å². The number of esters is 1. The molecule has 0 atom stereocenters. The van der Waals surface area contributed by atoms with E-state index in [0.717, 1.165) is 15.4 Å². The molecule has 2 aromatic rings. The van der Waals surface area contributed by atoms with Crippen LogP contribution in [0.4, 0.5) is 5.00 Å². The monoisotopic (exact) mass is 338 g/mol. The number of nitrogens with zero attached hydrogens (tertiary/aromatic N) is 1. The smallest absolute Gasteiger partial charge is 0.341 e. The molecule has 2 rings (SSSR count). The van der Waals surface area contributed by atoms with Gasteiger partial charge < -0.3 is 10.1 Å². The summed E-state index contributed by atoms with van der Waals surface area (Å²) in [6, 6.07) is 0. The number of rotatable bonds is 4. The lowest BCUT2D eigenvalue weighted by atomic mass is 10.1. The summed E-state index contributed by atoms with van der Waals surface area (Å²) >= 11 is 2.72. The van der Waals surface area contributed by atoms with Crippen molar-refractivity contribution in [1.82, 2.24) is 4.98 Å². The molecule has 0 aliphatic heterocycles. The Labute approximate surface area is 137 Å². The van der Waals surface area contributed by atoms with Crippen LogP contribution in [0.3, 0.4) is 0 Å². The second kappa shape index (κ2) is 6.58. The minimum Gasteiger partial charge on any atom is -0.462 e. The normalized spacial score (nSPS) is 10.6. The van der Waals surface area contributed by atoms with Gasteiger partial charge in [-0.25, -0.2) is 9.78 Å². The Morgan fingerprint density at radius 1 is 1.18 bits per heavy atom. The van der Waals surface area contributed by atoms with Crippen LogP contribution >= 0.6 is 22.7 Å². The number of ether oxygens (including phenoxy) is 1. The zero-order valence-electron chi connectivity index (χ0n) is 13.2. The third-order valence-corrected chi connectivity index (χ3v) is 5.40. The van der Waals surface area contributed by atoms with Crippen LogP contribution in [0.5, 0.6) is 0 Å². The molecule has 2 heterocycles. The SMILES string of the molecule is CCOC(=O)c1c(NC(=O)c2sc(C)nc2C)sc(C)c1C. The highest BCUT2D eigenvalue weighted by Gasteiger charge is 2.23. The van der Waals surface area contributed by atoms with Gasteiger partial charge >= 0.3 is 5.97 Å². The average Bonchev–Trinajstić information content (AvgIpc) is 2.90. The predicted octanol–water partition coefficient (Wildman–Crippen LogP) is 3.87. The molecule has 0 saturated carbocycles. The van der Waals surface area contributed by atoms with Crippen molar-refractivity contribution >= 4 is 39.6 Å². The highest BCUT2D eigenvalue weighted by atomic mass is 32.1. The van der Waals surface area contributed by atoms with Gasteiger partial charge in [-0.15, -0.1) is 22.7 Å². The van der Waals surface area contributed by atoms with Gasteiger partial charge in [-0.1, -0.05) is 0 Å². The lowest BCUT2D eigenvalue weighted by Gasteiger charge is -2.06. The van der Waals surface area contributed by atoms with Gasteiger partial charge in [0.15, 0.2) is 0 Å². The molecule has 7 heteroatoms. The first-order chi connectivity index (χ1) is 10.3. The first-order valence-corrected chi connectivity index (χ1v) is 8.50. The topological polar surface area (TPSA) is 68.3 Å². The van der Waals surface area contributed by atoms with Crippen LogP contribution in [0.25, 0.3) is 0 Å². The van der Waals surface area contributed by atoms with Crippen LogP contribution in [0.2, 0.25) is 0 Å². The molecule has 5 nitrogen and oxygen atoms in total. The number of hydrogen-bond donors (Lipinski definition) is 1. The van der Waals surface area contributed by atoms with E-state index in [9.17, 15) is 9.59 Å². The Morgan fingerprint density at radius 3 is 2.41 bits per heavy atom. The van der Waals surface area contributed by atoms with Gasteiger partial charge in [0.1, 0.15) is 9.88 Å². The fraction of sp³-hybridized carbons (Fsp3) is 0.400. The van der Waals surface area contributed by atoms with Crippen molar-refractivity contribution in [2.45, 2.75) is 34.6 Å². The number of thiazole rings is 1. The van der Waals surface area contributed by atoms with Crippen molar-refractivity contribution in [3.05, 3.63) is 31.6 Å². The summed E-state index contributed by atoms with van der Waals surface area (Å²) in [4.78, 5) is 30.3. The number of aromatic nitrogens is 1. The second-order valence-electron chi connectivity index (χ2n) is 4.81. The first-order valence-electron chi connectivity index (χ1n) is 6.87. The van der Waals surface area contributed by atoms with Gasteiger partial charge in [0.25, 0.3) is 5.91 Å². The van der Waals surface area contributed by atoms with Gasteiger partial charge in [-0.3, -0.25) is 4.79 Å². The molecule has 22 heavy (non-hydrogen) atoms. The maximum absolute atomic E-state index is 12.4. The minimum atomic E-state index is -0.406. The van der Waals surface area contributed by atoms with E-state index < -0.39 is 5.97 Å². The third kappa shape index (κ3) is 3.20. The van der Waals surface area contributed by atoms with E-state index in [2.05, 4.69) is 10.3 Å². The molecule has 0 bridgehead atoms. The maximum atomic E-state index is 12.4. The number of carbonyl (C=O) groups excluding carboxylic acids is 2. The Hall–Kier alpha value is -1.73. The summed E-state index contributed by atoms with van der Waals surface area (Å²) in [6.07, 6.45) is 0. The molecule has 0 aromatic carbocycles. The highest BCUT2D eigenvalue weighted by molar-refractivity contribution is 7.17. The summed E-state index contributed by atoms with van der Waals surface area (Å²) in [7, 11) is 0. The van der Waals surface area contributed by atoms with Crippen LogP contribution in [-0.4, -0.2) is 23.5 Å². The zero-order valence-corrected chi connectivity index (χ0v) is 14.8.